The molecule has 0 aliphatic carbocycles. The lowest BCUT2D eigenvalue weighted by Crippen LogP contribution is -2.32. The third kappa shape index (κ3) is 2.79. The maximum absolute atomic E-state index is 4.45. The molecule has 1 aromatic carbocycles. The molecule has 0 radical (unpaired) electrons. The van der Waals surface area contributed by atoms with Crippen LogP contribution >= 0.6 is 11.3 Å². The van der Waals surface area contributed by atoms with Gasteiger partial charge < -0.3 is 0 Å². The van der Waals surface area contributed by atoms with Gasteiger partial charge in [0, 0.05) is 24.0 Å². The summed E-state index contributed by atoms with van der Waals surface area (Å²) < 4.78 is 0. The number of hydrogen-bond donors (Lipinski definition) is 0. The summed E-state index contributed by atoms with van der Waals surface area (Å²) in [7, 11) is 0. The number of hydrogen-bond acceptors (Lipinski definition) is 3. The standard InChI is InChI=1S/C15H18N2S/c1-2-4-13(5-3-1)12-17-9-6-14(7-10-17)15-16-8-11-18-15/h1-5,8,11,14H,6-7,9-10,12H2. The lowest BCUT2D eigenvalue weighted by atomic mass is 9.97. The van der Waals surface area contributed by atoms with E-state index in [2.05, 4.69) is 45.6 Å². The molecule has 0 unspecified atom stereocenters. The fourth-order valence-electron chi connectivity index (χ4n) is 2.62. The van der Waals surface area contributed by atoms with Crippen LogP contribution in [0, 0.1) is 0 Å². The van der Waals surface area contributed by atoms with Gasteiger partial charge in [0.25, 0.3) is 0 Å². The van der Waals surface area contributed by atoms with Gasteiger partial charge in [0.1, 0.15) is 0 Å². The molecule has 3 heteroatoms. The Balaban J connectivity index is 1.54. The molecular weight excluding hydrogens is 240 g/mol. The fraction of sp³-hybridized carbons (Fsp3) is 0.400. The van der Waals surface area contributed by atoms with Crippen LogP contribution in [-0.2, 0) is 6.54 Å². The molecule has 0 amide bonds. The van der Waals surface area contributed by atoms with Crippen LogP contribution in [0.2, 0.25) is 0 Å². The molecule has 0 N–H and O–H groups in total. The smallest absolute Gasteiger partial charge is 0.0956 e. The van der Waals surface area contributed by atoms with E-state index in [9.17, 15) is 0 Å². The van der Waals surface area contributed by atoms with Gasteiger partial charge >= 0.3 is 0 Å². The number of nitrogens with zero attached hydrogens (tertiary/aromatic N) is 2. The SMILES string of the molecule is c1ccc(CN2CCC(c3nccs3)CC2)cc1. The van der Waals surface area contributed by atoms with Crippen LogP contribution in [0.3, 0.4) is 0 Å². The van der Waals surface area contributed by atoms with E-state index in [1.807, 2.05) is 6.20 Å². The van der Waals surface area contributed by atoms with Crippen molar-refractivity contribution < 1.29 is 0 Å². The fourth-order valence-corrected chi connectivity index (χ4v) is 3.43. The Morgan fingerprint density at radius 3 is 2.61 bits per heavy atom. The number of likely N-dealkylation sites (tertiary alicyclic amines) is 1. The summed E-state index contributed by atoms with van der Waals surface area (Å²) in [6.45, 7) is 3.48. The molecule has 0 bridgehead atoms. The Morgan fingerprint density at radius 1 is 1.17 bits per heavy atom. The van der Waals surface area contributed by atoms with Crippen molar-refractivity contribution in [1.82, 2.24) is 9.88 Å². The highest BCUT2D eigenvalue weighted by Gasteiger charge is 2.21. The van der Waals surface area contributed by atoms with Crippen LogP contribution in [0.1, 0.15) is 29.3 Å². The van der Waals surface area contributed by atoms with Gasteiger partial charge in [0.2, 0.25) is 0 Å². The van der Waals surface area contributed by atoms with Crippen molar-refractivity contribution in [2.75, 3.05) is 13.1 Å². The summed E-state index contributed by atoms with van der Waals surface area (Å²) >= 11 is 1.81. The van der Waals surface area contributed by atoms with E-state index in [0.29, 0.717) is 5.92 Å². The molecule has 2 aromatic rings. The predicted molar refractivity (Wildman–Crippen MR) is 75.8 cm³/mol. The predicted octanol–water partition coefficient (Wildman–Crippen LogP) is 3.52. The normalized spacial score (nSPS) is 18.0. The zero-order valence-corrected chi connectivity index (χ0v) is 11.3. The lowest BCUT2D eigenvalue weighted by molar-refractivity contribution is 0.204. The average Bonchev–Trinajstić information content (AvgIpc) is 2.95. The number of aromatic nitrogens is 1. The molecule has 18 heavy (non-hydrogen) atoms. The second-order valence-corrected chi connectivity index (χ2v) is 5.83. The van der Waals surface area contributed by atoms with Gasteiger partial charge in [-0.2, -0.15) is 0 Å². The van der Waals surface area contributed by atoms with Crippen LogP contribution in [0.4, 0.5) is 0 Å². The van der Waals surface area contributed by atoms with Crippen LogP contribution in [0.15, 0.2) is 41.9 Å². The van der Waals surface area contributed by atoms with Crippen molar-refractivity contribution >= 4 is 11.3 Å². The quantitative estimate of drug-likeness (QED) is 0.837. The molecule has 2 heterocycles. The molecule has 0 atom stereocenters. The summed E-state index contributed by atoms with van der Waals surface area (Å²) in [5.74, 6) is 0.692. The Labute approximate surface area is 112 Å². The molecule has 1 aliphatic rings. The van der Waals surface area contributed by atoms with Crippen LogP contribution in [-0.4, -0.2) is 23.0 Å². The van der Waals surface area contributed by atoms with E-state index in [1.165, 1.54) is 36.5 Å². The van der Waals surface area contributed by atoms with E-state index < -0.39 is 0 Å². The highest BCUT2D eigenvalue weighted by Crippen LogP contribution is 2.29. The highest BCUT2D eigenvalue weighted by atomic mass is 32.1. The van der Waals surface area contributed by atoms with Crippen molar-refractivity contribution in [1.29, 1.82) is 0 Å². The maximum atomic E-state index is 4.45. The average molecular weight is 258 g/mol. The minimum atomic E-state index is 0.692. The largest absolute Gasteiger partial charge is 0.299 e. The summed E-state index contributed by atoms with van der Waals surface area (Å²) in [4.78, 5) is 7.00. The zero-order valence-electron chi connectivity index (χ0n) is 10.5. The first-order chi connectivity index (χ1) is 8.92. The maximum Gasteiger partial charge on any atom is 0.0956 e. The van der Waals surface area contributed by atoms with Crippen LogP contribution < -0.4 is 0 Å². The minimum Gasteiger partial charge on any atom is -0.299 e. The highest BCUT2D eigenvalue weighted by molar-refractivity contribution is 7.09. The monoisotopic (exact) mass is 258 g/mol. The Morgan fingerprint density at radius 2 is 1.94 bits per heavy atom. The Bertz CT molecular complexity index is 459. The van der Waals surface area contributed by atoms with Gasteiger partial charge in [0.05, 0.1) is 5.01 Å². The van der Waals surface area contributed by atoms with Gasteiger partial charge in [0.15, 0.2) is 0 Å². The summed E-state index contributed by atoms with van der Waals surface area (Å²) in [5.41, 5.74) is 1.42. The molecule has 2 nitrogen and oxygen atoms in total. The molecule has 1 fully saturated rings. The van der Waals surface area contributed by atoms with Crippen LogP contribution in [0.5, 0.6) is 0 Å². The van der Waals surface area contributed by atoms with Gasteiger partial charge in [-0.15, -0.1) is 11.3 Å². The third-order valence-corrected chi connectivity index (χ3v) is 4.58. The van der Waals surface area contributed by atoms with Gasteiger partial charge in [-0.05, 0) is 31.5 Å². The number of benzene rings is 1. The lowest BCUT2D eigenvalue weighted by Gasteiger charge is -2.31. The van der Waals surface area contributed by atoms with Gasteiger partial charge in [-0.3, -0.25) is 4.90 Å². The van der Waals surface area contributed by atoms with Crippen molar-refractivity contribution in [3.8, 4) is 0 Å². The first-order valence-corrected chi connectivity index (χ1v) is 7.45. The Hall–Kier alpha value is -1.19. The van der Waals surface area contributed by atoms with Crippen LogP contribution in [0.25, 0.3) is 0 Å². The molecule has 0 saturated carbocycles. The van der Waals surface area contributed by atoms with Crippen molar-refractivity contribution in [2.45, 2.75) is 25.3 Å². The number of rotatable bonds is 3. The second-order valence-electron chi connectivity index (χ2n) is 4.91. The molecule has 1 aromatic heterocycles. The van der Waals surface area contributed by atoms with Crippen molar-refractivity contribution in [2.24, 2.45) is 0 Å². The number of thiazole rings is 1. The summed E-state index contributed by atoms with van der Waals surface area (Å²) in [6.07, 6.45) is 4.43. The summed E-state index contributed by atoms with van der Waals surface area (Å²) in [5, 5.41) is 3.42. The van der Waals surface area contributed by atoms with E-state index in [0.717, 1.165) is 6.54 Å². The van der Waals surface area contributed by atoms with Crippen molar-refractivity contribution in [3.63, 3.8) is 0 Å². The zero-order chi connectivity index (χ0) is 12.2. The molecule has 94 valence electrons. The van der Waals surface area contributed by atoms with Gasteiger partial charge in [-0.1, -0.05) is 30.3 Å². The van der Waals surface area contributed by atoms with Gasteiger partial charge in [-0.25, -0.2) is 4.98 Å². The third-order valence-electron chi connectivity index (χ3n) is 3.64. The second kappa shape index (κ2) is 5.63. The topological polar surface area (TPSA) is 16.1 Å². The van der Waals surface area contributed by atoms with E-state index in [1.54, 1.807) is 11.3 Å². The Kier molecular flexibility index (Phi) is 3.72. The summed E-state index contributed by atoms with van der Waals surface area (Å²) in [6, 6.07) is 10.8. The molecular formula is C15H18N2S. The van der Waals surface area contributed by atoms with E-state index >= 15 is 0 Å². The molecule has 1 saturated heterocycles. The molecule has 1 aliphatic heterocycles. The first-order valence-electron chi connectivity index (χ1n) is 6.57. The van der Waals surface area contributed by atoms with E-state index in [-0.39, 0.29) is 0 Å². The van der Waals surface area contributed by atoms with Crippen molar-refractivity contribution in [3.05, 3.63) is 52.5 Å². The van der Waals surface area contributed by atoms with E-state index in [4.69, 9.17) is 0 Å². The minimum absolute atomic E-state index is 0.692. The number of piperidine rings is 1. The molecule has 3 rings (SSSR count). The first kappa shape index (κ1) is 11.9. The molecule has 0 spiro atoms.